The fourth-order valence-corrected chi connectivity index (χ4v) is 2.15. The Kier molecular flexibility index (Phi) is 8.42. The molecule has 1 unspecified atom stereocenters. The highest BCUT2D eigenvalue weighted by Gasteiger charge is 2.24. The van der Waals surface area contributed by atoms with Crippen LogP contribution in [0.3, 0.4) is 0 Å². The van der Waals surface area contributed by atoms with Crippen molar-refractivity contribution in [3.63, 3.8) is 0 Å². The Hall–Kier alpha value is -3.44. The standard InChI is InChI=1S/C15H21N5O7/c16-15(27)17-6-1-2-9(14(25)26)19-11(22)8-18-10(21)5-7-20-12(23)3-4-13(20)24/h3-4,9H,1-2,5-8H2,(H,18,21)(H,19,22)(H,25,26)(H3,16,17,27). The van der Waals surface area contributed by atoms with E-state index in [1.807, 2.05) is 0 Å². The molecule has 0 aromatic rings. The average molecular weight is 383 g/mol. The Balaban J connectivity index is 2.29. The number of nitrogens with two attached hydrogens (primary N) is 1. The number of carboxylic acid groups (broad SMARTS) is 1. The Labute approximate surface area is 154 Å². The Morgan fingerprint density at radius 2 is 1.70 bits per heavy atom. The highest BCUT2D eigenvalue weighted by molar-refractivity contribution is 6.13. The maximum Gasteiger partial charge on any atom is 0.326 e. The second-order valence-corrected chi connectivity index (χ2v) is 5.58. The van der Waals surface area contributed by atoms with Gasteiger partial charge in [-0.25, -0.2) is 9.59 Å². The van der Waals surface area contributed by atoms with E-state index in [0.717, 1.165) is 17.1 Å². The molecule has 0 aromatic carbocycles. The van der Waals surface area contributed by atoms with Gasteiger partial charge in [0.05, 0.1) is 6.54 Å². The summed E-state index contributed by atoms with van der Waals surface area (Å²) in [6, 6.07) is -1.92. The Morgan fingerprint density at radius 3 is 2.26 bits per heavy atom. The molecule has 0 spiro atoms. The number of imide groups is 1. The maximum absolute atomic E-state index is 11.8. The molecule has 1 atom stereocenters. The van der Waals surface area contributed by atoms with E-state index in [1.165, 1.54) is 0 Å². The number of rotatable bonds is 11. The van der Waals surface area contributed by atoms with Gasteiger partial charge in [0.25, 0.3) is 11.8 Å². The largest absolute Gasteiger partial charge is 0.480 e. The number of nitrogens with one attached hydrogen (secondary N) is 3. The number of carbonyl (C=O) groups excluding carboxylic acids is 5. The van der Waals surface area contributed by atoms with Crippen LogP contribution in [0.25, 0.3) is 0 Å². The third kappa shape index (κ3) is 7.98. The predicted octanol–water partition coefficient (Wildman–Crippen LogP) is -2.56. The van der Waals surface area contributed by atoms with Crippen molar-refractivity contribution in [2.75, 3.05) is 19.6 Å². The van der Waals surface area contributed by atoms with Gasteiger partial charge in [-0.05, 0) is 12.8 Å². The summed E-state index contributed by atoms with van der Waals surface area (Å²) in [6.45, 7) is -0.417. The fraction of sp³-hybridized carbons (Fsp3) is 0.467. The molecule has 1 aliphatic heterocycles. The van der Waals surface area contributed by atoms with E-state index in [2.05, 4.69) is 16.0 Å². The van der Waals surface area contributed by atoms with E-state index in [-0.39, 0.29) is 32.4 Å². The van der Waals surface area contributed by atoms with Gasteiger partial charge in [-0.1, -0.05) is 0 Å². The molecule has 1 aliphatic rings. The third-order valence-electron chi connectivity index (χ3n) is 3.51. The molecule has 0 saturated heterocycles. The van der Waals surface area contributed by atoms with Gasteiger partial charge in [-0.3, -0.25) is 24.1 Å². The van der Waals surface area contributed by atoms with Crippen molar-refractivity contribution in [3.05, 3.63) is 12.2 Å². The average Bonchev–Trinajstić information content (AvgIpc) is 2.91. The van der Waals surface area contributed by atoms with Gasteiger partial charge >= 0.3 is 12.0 Å². The van der Waals surface area contributed by atoms with Crippen LogP contribution in [0.5, 0.6) is 0 Å². The number of hydrogen-bond donors (Lipinski definition) is 5. The monoisotopic (exact) mass is 383 g/mol. The minimum absolute atomic E-state index is 0.0570. The molecule has 0 aliphatic carbocycles. The van der Waals surface area contributed by atoms with Crippen LogP contribution in [-0.2, 0) is 24.0 Å². The summed E-state index contributed by atoms with van der Waals surface area (Å²) in [7, 11) is 0. The van der Waals surface area contributed by atoms with Crippen LogP contribution in [-0.4, -0.2) is 71.3 Å². The molecule has 12 heteroatoms. The van der Waals surface area contributed by atoms with Gasteiger partial charge in [0.2, 0.25) is 11.8 Å². The molecular weight excluding hydrogens is 362 g/mol. The van der Waals surface area contributed by atoms with E-state index in [4.69, 9.17) is 10.8 Å². The highest BCUT2D eigenvalue weighted by atomic mass is 16.4. The molecule has 0 bridgehead atoms. The van der Waals surface area contributed by atoms with Crippen LogP contribution in [0.2, 0.25) is 0 Å². The topological polar surface area (TPSA) is 188 Å². The molecule has 0 saturated carbocycles. The summed E-state index contributed by atoms with van der Waals surface area (Å²) < 4.78 is 0. The van der Waals surface area contributed by atoms with Crippen LogP contribution in [0.1, 0.15) is 19.3 Å². The molecule has 1 rings (SSSR count). The number of nitrogens with zero attached hydrogens (tertiary/aromatic N) is 1. The molecule has 148 valence electrons. The number of carboxylic acids is 1. The molecule has 6 amide bonds. The number of aliphatic carboxylic acids is 1. The molecule has 27 heavy (non-hydrogen) atoms. The van der Waals surface area contributed by atoms with Crippen molar-refractivity contribution in [2.24, 2.45) is 5.73 Å². The van der Waals surface area contributed by atoms with Crippen LogP contribution < -0.4 is 21.7 Å². The molecule has 12 nitrogen and oxygen atoms in total. The maximum atomic E-state index is 11.8. The van der Waals surface area contributed by atoms with E-state index in [9.17, 15) is 28.8 Å². The van der Waals surface area contributed by atoms with Gasteiger partial charge in [0.15, 0.2) is 0 Å². The van der Waals surface area contributed by atoms with Crippen LogP contribution in [0.4, 0.5) is 4.79 Å². The lowest BCUT2D eigenvalue weighted by atomic mass is 10.1. The first kappa shape index (κ1) is 21.6. The van der Waals surface area contributed by atoms with E-state index < -0.39 is 48.2 Å². The lowest BCUT2D eigenvalue weighted by molar-refractivity contribution is -0.142. The minimum Gasteiger partial charge on any atom is -0.480 e. The van der Waals surface area contributed by atoms with Crippen LogP contribution >= 0.6 is 0 Å². The zero-order valence-electron chi connectivity index (χ0n) is 14.4. The van der Waals surface area contributed by atoms with Gasteiger partial charge in [0, 0.05) is 31.7 Å². The first-order chi connectivity index (χ1) is 12.7. The number of primary amides is 1. The Bertz CT molecular complexity index is 643. The van der Waals surface area contributed by atoms with Gasteiger partial charge in [-0.2, -0.15) is 0 Å². The van der Waals surface area contributed by atoms with Gasteiger partial charge < -0.3 is 26.8 Å². The van der Waals surface area contributed by atoms with E-state index in [0.29, 0.717) is 0 Å². The molecule has 0 aromatic heterocycles. The lowest BCUT2D eigenvalue weighted by Gasteiger charge is -2.15. The zero-order valence-corrected chi connectivity index (χ0v) is 14.4. The van der Waals surface area contributed by atoms with Crippen molar-refractivity contribution >= 4 is 35.6 Å². The summed E-state index contributed by atoms with van der Waals surface area (Å²) in [6.07, 6.45) is 2.34. The highest BCUT2D eigenvalue weighted by Crippen LogP contribution is 2.04. The Morgan fingerprint density at radius 1 is 1.07 bits per heavy atom. The summed E-state index contributed by atoms with van der Waals surface area (Å²) in [4.78, 5) is 68.6. The number of urea groups is 1. The SMILES string of the molecule is NC(=O)NCCCC(NC(=O)CNC(=O)CCN1C(=O)C=CC1=O)C(=O)O. The summed E-state index contributed by atoms with van der Waals surface area (Å²) in [5.41, 5.74) is 4.88. The number of hydrogen-bond acceptors (Lipinski definition) is 6. The first-order valence-electron chi connectivity index (χ1n) is 8.06. The van der Waals surface area contributed by atoms with Gasteiger partial charge in [-0.15, -0.1) is 0 Å². The van der Waals surface area contributed by atoms with Crippen molar-refractivity contribution in [1.82, 2.24) is 20.9 Å². The first-order valence-corrected chi connectivity index (χ1v) is 8.06. The van der Waals surface area contributed by atoms with E-state index >= 15 is 0 Å². The van der Waals surface area contributed by atoms with Crippen LogP contribution in [0.15, 0.2) is 12.2 Å². The second kappa shape index (κ2) is 10.5. The molecule has 0 fully saturated rings. The smallest absolute Gasteiger partial charge is 0.326 e. The third-order valence-corrected chi connectivity index (χ3v) is 3.51. The quantitative estimate of drug-likeness (QED) is 0.191. The number of amides is 6. The normalized spacial score (nSPS) is 14.0. The minimum atomic E-state index is -1.26. The predicted molar refractivity (Wildman–Crippen MR) is 89.9 cm³/mol. The lowest BCUT2D eigenvalue weighted by Crippen LogP contribution is -2.46. The summed E-state index contributed by atoms with van der Waals surface area (Å²) in [5, 5.41) is 15.9. The molecule has 0 radical (unpaired) electrons. The van der Waals surface area contributed by atoms with Crippen molar-refractivity contribution in [3.8, 4) is 0 Å². The molecular formula is C15H21N5O7. The second-order valence-electron chi connectivity index (χ2n) is 5.58. The van der Waals surface area contributed by atoms with E-state index in [1.54, 1.807) is 0 Å². The van der Waals surface area contributed by atoms with Gasteiger partial charge in [0.1, 0.15) is 6.04 Å². The summed E-state index contributed by atoms with van der Waals surface area (Å²) in [5.74, 6) is -3.57. The molecule has 6 N–H and O–H groups in total. The number of carbonyl (C=O) groups is 6. The van der Waals surface area contributed by atoms with Crippen molar-refractivity contribution < 1.29 is 33.9 Å². The zero-order chi connectivity index (χ0) is 20.4. The van der Waals surface area contributed by atoms with Crippen molar-refractivity contribution in [1.29, 1.82) is 0 Å². The fourth-order valence-electron chi connectivity index (χ4n) is 2.15. The van der Waals surface area contributed by atoms with Crippen LogP contribution in [0, 0.1) is 0 Å². The molecule has 1 heterocycles. The summed E-state index contributed by atoms with van der Waals surface area (Å²) >= 11 is 0. The van der Waals surface area contributed by atoms with Crippen molar-refractivity contribution in [2.45, 2.75) is 25.3 Å².